The number of benzene rings is 1. The molecule has 1 unspecified atom stereocenters. The highest BCUT2D eigenvalue weighted by Gasteiger charge is 2.17. The Hall–Kier alpha value is -1.85. The van der Waals surface area contributed by atoms with Crippen molar-refractivity contribution in [1.29, 1.82) is 0 Å². The molecule has 0 saturated carbocycles. The third-order valence-electron chi connectivity index (χ3n) is 2.96. The lowest BCUT2D eigenvalue weighted by atomic mass is 10.1. The molecule has 0 aliphatic carbocycles. The van der Waals surface area contributed by atoms with E-state index >= 15 is 0 Å². The highest BCUT2D eigenvalue weighted by atomic mass is 35.5. The number of hydrogen-bond acceptors (Lipinski definition) is 3. The first-order valence-corrected chi connectivity index (χ1v) is 6.53. The molecule has 1 N–H and O–H groups in total. The van der Waals surface area contributed by atoms with Crippen LogP contribution in [-0.4, -0.2) is 29.4 Å². The number of nitrogens with zero attached hydrogens (tertiary/aromatic N) is 2. The molecule has 2 rings (SSSR count). The second-order valence-electron chi connectivity index (χ2n) is 4.37. The quantitative estimate of drug-likeness (QED) is 0.919. The first-order chi connectivity index (χ1) is 9.61. The molecule has 5 nitrogen and oxygen atoms in total. The van der Waals surface area contributed by atoms with E-state index in [-0.39, 0.29) is 11.9 Å². The standard InChI is InChI=1S/C14H16ClN3O2/c1-18-13(7-8-16-18)14(19)17-12(9-20-2)10-3-5-11(15)6-4-10/h3-8,12H,9H2,1-2H3,(H,17,19). The Labute approximate surface area is 122 Å². The predicted molar refractivity (Wildman–Crippen MR) is 76.7 cm³/mol. The van der Waals surface area contributed by atoms with Gasteiger partial charge in [0.15, 0.2) is 0 Å². The summed E-state index contributed by atoms with van der Waals surface area (Å²) in [6.07, 6.45) is 1.59. The SMILES string of the molecule is COCC(NC(=O)c1ccnn1C)c1ccc(Cl)cc1. The number of ether oxygens (including phenoxy) is 1. The molecule has 0 aliphatic heterocycles. The summed E-state index contributed by atoms with van der Waals surface area (Å²) in [5, 5.41) is 7.57. The fourth-order valence-electron chi connectivity index (χ4n) is 1.91. The number of nitrogens with one attached hydrogen (secondary N) is 1. The van der Waals surface area contributed by atoms with E-state index in [1.807, 2.05) is 12.1 Å². The monoisotopic (exact) mass is 293 g/mol. The van der Waals surface area contributed by atoms with E-state index in [9.17, 15) is 4.79 Å². The van der Waals surface area contributed by atoms with Gasteiger partial charge >= 0.3 is 0 Å². The zero-order valence-corrected chi connectivity index (χ0v) is 12.1. The Morgan fingerprint density at radius 2 is 2.10 bits per heavy atom. The molecule has 1 aromatic heterocycles. The summed E-state index contributed by atoms with van der Waals surface area (Å²) in [5.41, 5.74) is 1.44. The van der Waals surface area contributed by atoms with Crippen molar-refractivity contribution in [2.45, 2.75) is 6.04 Å². The van der Waals surface area contributed by atoms with Gasteiger partial charge in [0.05, 0.1) is 12.6 Å². The van der Waals surface area contributed by atoms with E-state index < -0.39 is 0 Å². The van der Waals surface area contributed by atoms with Gasteiger partial charge in [-0.05, 0) is 23.8 Å². The van der Waals surface area contributed by atoms with Crippen LogP contribution in [0.1, 0.15) is 22.1 Å². The zero-order chi connectivity index (χ0) is 14.5. The highest BCUT2D eigenvalue weighted by molar-refractivity contribution is 6.30. The Bertz CT molecular complexity index is 580. The molecule has 0 aliphatic rings. The maximum atomic E-state index is 12.2. The smallest absolute Gasteiger partial charge is 0.270 e. The molecular weight excluding hydrogens is 278 g/mol. The molecule has 0 saturated heterocycles. The molecule has 1 atom stereocenters. The number of carbonyl (C=O) groups is 1. The second kappa shape index (κ2) is 6.54. The van der Waals surface area contributed by atoms with Crippen LogP contribution >= 0.6 is 11.6 Å². The van der Waals surface area contributed by atoms with Crippen LogP contribution in [-0.2, 0) is 11.8 Å². The van der Waals surface area contributed by atoms with E-state index in [0.717, 1.165) is 5.56 Å². The van der Waals surface area contributed by atoms with Crippen LogP contribution in [0.2, 0.25) is 5.02 Å². The average molecular weight is 294 g/mol. The molecule has 1 aromatic carbocycles. The van der Waals surface area contributed by atoms with Gasteiger partial charge in [0.1, 0.15) is 5.69 Å². The normalized spacial score (nSPS) is 12.2. The minimum Gasteiger partial charge on any atom is -0.382 e. The number of halogens is 1. The highest BCUT2D eigenvalue weighted by Crippen LogP contribution is 2.17. The van der Waals surface area contributed by atoms with E-state index in [2.05, 4.69) is 10.4 Å². The predicted octanol–water partition coefficient (Wildman–Crippen LogP) is 2.19. The van der Waals surface area contributed by atoms with Crippen LogP contribution in [0, 0.1) is 0 Å². The van der Waals surface area contributed by atoms with Crippen molar-refractivity contribution in [1.82, 2.24) is 15.1 Å². The van der Waals surface area contributed by atoms with Gasteiger partial charge in [-0.3, -0.25) is 9.48 Å². The number of aryl methyl sites for hydroxylation is 1. The topological polar surface area (TPSA) is 56.1 Å². The fourth-order valence-corrected chi connectivity index (χ4v) is 2.04. The van der Waals surface area contributed by atoms with Crippen LogP contribution in [0.15, 0.2) is 36.5 Å². The summed E-state index contributed by atoms with van der Waals surface area (Å²) < 4.78 is 6.70. The van der Waals surface area contributed by atoms with Crippen molar-refractivity contribution in [2.24, 2.45) is 7.05 Å². The van der Waals surface area contributed by atoms with Crippen molar-refractivity contribution < 1.29 is 9.53 Å². The lowest BCUT2D eigenvalue weighted by Gasteiger charge is -2.18. The van der Waals surface area contributed by atoms with Gasteiger partial charge in [-0.1, -0.05) is 23.7 Å². The zero-order valence-electron chi connectivity index (χ0n) is 11.3. The third kappa shape index (κ3) is 3.37. The van der Waals surface area contributed by atoms with Gasteiger partial charge < -0.3 is 10.1 Å². The molecule has 1 amide bonds. The van der Waals surface area contributed by atoms with Crippen molar-refractivity contribution in [2.75, 3.05) is 13.7 Å². The first-order valence-electron chi connectivity index (χ1n) is 6.15. The van der Waals surface area contributed by atoms with Crippen LogP contribution in [0.5, 0.6) is 0 Å². The Balaban J connectivity index is 2.15. The van der Waals surface area contributed by atoms with Crippen LogP contribution in [0.3, 0.4) is 0 Å². The molecule has 1 heterocycles. The number of amides is 1. The summed E-state index contributed by atoms with van der Waals surface area (Å²) in [6, 6.07) is 8.75. The number of hydrogen-bond donors (Lipinski definition) is 1. The van der Waals surface area contributed by atoms with Gasteiger partial charge in [-0.25, -0.2) is 0 Å². The summed E-state index contributed by atoms with van der Waals surface area (Å²) in [6.45, 7) is 0.380. The summed E-state index contributed by atoms with van der Waals surface area (Å²) in [4.78, 5) is 12.2. The number of carbonyl (C=O) groups excluding carboxylic acids is 1. The minimum absolute atomic E-state index is 0.193. The molecule has 106 valence electrons. The maximum absolute atomic E-state index is 12.2. The maximum Gasteiger partial charge on any atom is 0.270 e. The fraction of sp³-hybridized carbons (Fsp3) is 0.286. The minimum atomic E-state index is -0.236. The average Bonchev–Trinajstić information content (AvgIpc) is 2.85. The summed E-state index contributed by atoms with van der Waals surface area (Å²) >= 11 is 5.87. The van der Waals surface area contributed by atoms with Crippen molar-refractivity contribution in [3.63, 3.8) is 0 Å². The summed E-state index contributed by atoms with van der Waals surface area (Å²) in [5.74, 6) is -0.193. The van der Waals surface area contributed by atoms with Gasteiger partial charge in [0, 0.05) is 25.4 Å². The van der Waals surface area contributed by atoms with Crippen LogP contribution < -0.4 is 5.32 Å². The molecule has 0 radical (unpaired) electrons. The molecule has 0 fully saturated rings. The molecule has 0 bridgehead atoms. The van der Waals surface area contributed by atoms with E-state index in [0.29, 0.717) is 17.3 Å². The van der Waals surface area contributed by atoms with Crippen LogP contribution in [0.4, 0.5) is 0 Å². The van der Waals surface area contributed by atoms with E-state index in [4.69, 9.17) is 16.3 Å². The first kappa shape index (κ1) is 14.6. The lowest BCUT2D eigenvalue weighted by molar-refractivity contribution is 0.0887. The number of rotatable bonds is 5. The van der Waals surface area contributed by atoms with Gasteiger partial charge in [-0.2, -0.15) is 5.10 Å². The van der Waals surface area contributed by atoms with Gasteiger partial charge in [-0.15, -0.1) is 0 Å². The number of aromatic nitrogens is 2. The molecule has 6 heteroatoms. The largest absolute Gasteiger partial charge is 0.382 e. The number of methoxy groups -OCH3 is 1. The van der Waals surface area contributed by atoms with Gasteiger partial charge in [0.2, 0.25) is 0 Å². The Kier molecular flexibility index (Phi) is 4.76. The van der Waals surface area contributed by atoms with Crippen molar-refractivity contribution in [3.8, 4) is 0 Å². The Morgan fingerprint density at radius 1 is 1.40 bits per heavy atom. The molecule has 0 spiro atoms. The van der Waals surface area contributed by atoms with E-state index in [1.54, 1.807) is 38.6 Å². The third-order valence-corrected chi connectivity index (χ3v) is 3.22. The Morgan fingerprint density at radius 3 is 2.65 bits per heavy atom. The molecule has 20 heavy (non-hydrogen) atoms. The second-order valence-corrected chi connectivity index (χ2v) is 4.81. The van der Waals surface area contributed by atoms with Crippen molar-refractivity contribution >= 4 is 17.5 Å². The molecule has 2 aromatic rings. The lowest BCUT2D eigenvalue weighted by Crippen LogP contribution is -2.32. The van der Waals surface area contributed by atoms with Crippen molar-refractivity contribution in [3.05, 3.63) is 52.8 Å². The summed E-state index contributed by atoms with van der Waals surface area (Å²) in [7, 11) is 3.32. The van der Waals surface area contributed by atoms with Gasteiger partial charge in [0.25, 0.3) is 5.91 Å². The molecular formula is C14H16ClN3O2. The van der Waals surface area contributed by atoms with Crippen LogP contribution in [0.25, 0.3) is 0 Å². The van der Waals surface area contributed by atoms with E-state index in [1.165, 1.54) is 4.68 Å².